The maximum absolute atomic E-state index is 12.6. The molecule has 36 heavy (non-hydrogen) atoms. The number of anilines is 3. The highest BCUT2D eigenvalue weighted by Crippen LogP contribution is 2.43. The molecule has 2 aliphatic rings. The highest BCUT2D eigenvalue weighted by atomic mass is 19.4. The zero-order valence-corrected chi connectivity index (χ0v) is 19.6. The summed E-state index contributed by atoms with van der Waals surface area (Å²) >= 11 is 0. The minimum atomic E-state index is -4.79. The molecular formula is C25H25F3N6O2. The molecule has 2 saturated heterocycles. The van der Waals surface area contributed by atoms with Crippen LogP contribution in [0.5, 0.6) is 5.75 Å². The molecule has 1 amide bonds. The van der Waals surface area contributed by atoms with Crippen LogP contribution in [0.25, 0.3) is 11.1 Å². The van der Waals surface area contributed by atoms with Crippen LogP contribution in [0.15, 0.2) is 55.0 Å². The zero-order chi connectivity index (χ0) is 25.3. The number of carbonyl (C=O) groups is 1. The number of aromatic nitrogens is 3. The van der Waals surface area contributed by atoms with Gasteiger partial charge < -0.3 is 19.9 Å². The van der Waals surface area contributed by atoms with Crippen LogP contribution in [0.4, 0.5) is 30.6 Å². The van der Waals surface area contributed by atoms with Crippen LogP contribution in [0.1, 0.15) is 19.8 Å². The van der Waals surface area contributed by atoms with E-state index in [9.17, 15) is 18.0 Å². The summed E-state index contributed by atoms with van der Waals surface area (Å²) in [4.78, 5) is 28.8. The van der Waals surface area contributed by atoms with Crippen molar-refractivity contribution in [3.8, 4) is 16.9 Å². The molecule has 0 radical (unpaired) electrons. The minimum Gasteiger partial charge on any atom is -0.406 e. The van der Waals surface area contributed by atoms with Crippen LogP contribution < -0.4 is 15.0 Å². The third kappa shape index (κ3) is 5.34. The van der Waals surface area contributed by atoms with Gasteiger partial charge in [0, 0.05) is 68.7 Å². The van der Waals surface area contributed by atoms with E-state index in [2.05, 4.69) is 24.9 Å². The van der Waals surface area contributed by atoms with Crippen molar-refractivity contribution in [3.05, 3.63) is 55.0 Å². The lowest BCUT2D eigenvalue weighted by Crippen LogP contribution is -2.61. The Morgan fingerprint density at radius 2 is 1.83 bits per heavy atom. The van der Waals surface area contributed by atoms with Crippen LogP contribution in [-0.2, 0) is 4.79 Å². The normalized spacial score (nSPS) is 17.0. The first-order chi connectivity index (χ1) is 17.2. The molecule has 0 unspecified atom stereocenters. The molecule has 188 valence electrons. The molecule has 5 heterocycles. The van der Waals surface area contributed by atoms with E-state index in [1.54, 1.807) is 25.4 Å². The van der Waals surface area contributed by atoms with E-state index >= 15 is 0 Å². The van der Waals surface area contributed by atoms with Gasteiger partial charge in [-0.15, -0.1) is 13.2 Å². The molecular weight excluding hydrogens is 473 g/mol. The number of piperidine rings is 1. The van der Waals surface area contributed by atoms with Gasteiger partial charge in [0.15, 0.2) is 0 Å². The number of hydrogen-bond donors (Lipinski definition) is 1. The molecule has 2 aliphatic heterocycles. The summed E-state index contributed by atoms with van der Waals surface area (Å²) in [6, 6.07) is 9.87. The number of ether oxygens (including phenoxy) is 1. The Hall–Kier alpha value is -3.89. The van der Waals surface area contributed by atoms with Crippen molar-refractivity contribution in [2.24, 2.45) is 5.41 Å². The Morgan fingerprint density at radius 3 is 2.50 bits per heavy atom. The van der Waals surface area contributed by atoms with Crippen LogP contribution in [0.2, 0.25) is 0 Å². The van der Waals surface area contributed by atoms with Gasteiger partial charge in [0.25, 0.3) is 0 Å². The first kappa shape index (κ1) is 23.8. The number of rotatable bonds is 5. The number of carbonyl (C=O) groups excluding carboxylic acids is 1. The molecule has 0 aliphatic carbocycles. The van der Waals surface area contributed by atoms with Crippen molar-refractivity contribution in [2.75, 3.05) is 36.4 Å². The predicted octanol–water partition coefficient (Wildman–Crippen LogP) is 4.63. The highest BCUT2D eigenvalue weighted by Gasteiger charge is 2.45. The molecule has 0 atom stereocenters. The SMILES string of the molecule is CC(=O)N1CCC2(CC1)CN(c1cc(-c3cccnc3)cc(Nc3cc(OC(F)(F)F)ccn3)n1)C2. The lowest BCUT2D eigenvalue weighted by molar-refractivity contribution is -0.274. The largest absolute Gasteiger partial charge is 0.573 e. The van der Waals surface area contributed by atoms with Gasteiger partial charge in [-0.05, 0) is 42.7 Å². The number of nitrogens with one attached hydrogen (secondary N) is 1. The Bertz CT molecular complexity index is 1240. The number of hydrogen-bond acceptors (Lipinski definition) is 7. The number of halogens is 3. The molecule has 0 aromatic carbocycles. The second-order valence-electron chi connectivity index (χ2n) is 9.25. The minimum absolute atomic E-state index is 0.112. The standard InChI is InChI=1S/C25H25F3N6O2/c1-17(35)33-9-5-24(6-10-33)15-34(16-24)23-12-19(18-3-2-7-29-14-18)11-22(32-23)31-21-13-20(4-8-30-21)36-25(26,27)28/h2-4,7-8,11-14H,5-6,9-10,15-16H2,1H3,(H,30,31,32). The third-order valence-corrected chi connectivity index (χ3v) is 6.67. The number of alkyl halides is 3. The van der Waals surface area contributed by atoms with Crippen molar-refractivity contribution in [3.63, 3.8) is 0 Å². The van der Waals surface area contributed by atoms with Gasteiger partial charge in [0.1, 0.15) is 23.2 Å². The molecule has 3 aromatic heterocycles. The fourth-order valence-corrected chi connectivity index (χ4v) is 4.79. The maximum Gasteiger partial charge on any atom is 0.573 e. The van der Waals surface area contributed by atoms with Gasteiger partial charge in [0.05, 0.1) is 0 Å². The molecule has 8 nitrogen and oxygen atoms in total. The molecule has 1 spiro atoms. The van der Waals surface area contributed by atoms with E-state index in [-0.39, 0.29) is 22.9 Å². The molecule has 3 aromatic rings. The van der Waals surface area contributed by atoms with E-state index in [1.165, 1.54) is 12.3 Å². The highest BCUT2D eigenvalue weighted by molar-refractivity contribution is 5.74. The Morgan fingerprint density at radius 1 is 1.06 bits per heavy atom. The van der Waals surface area contributed by atoms with Gasteiger partial charge in [0.2, 0.25) is 5.91 Å². The Labute approximate surface area is 206 Å². The maximum atomic E-state index is 12.6. The van der Waals surface area contributed by atoms with Gasteiger partial charge >= 0.3 is 6.36 Å². The summed E-state index contributed by atoms with van der Waals surface area (Å²) in [5, 5.41) is 3.01. The summed E-state index contributed by atoms with van der Waals surface area (Å²) in [5.74, 6) is 1.11. The van der Waals surface area contributed by atoms with Crippen molar-refractivity contribution in [2.45, 2.75) is 26.1 Å². The summed E-state index contributed by atoms with van der Waals surface area (Å²) in [5.41, 5.74) is 1.91. The first-order valence-electron chi connectivity index (χ1n) is 11.6. The topological polar surface area (TPSA) is 83.5 Å². The Balaban J connectivity index is 1.38. The van der Waals surface area contributed by atoms with Crippen molar-refractivity contribution in [1.82, 2.24) is 19.9 Å². The van der Waals surface area contributed by atoms with E-state index in [0.29, 0.717) is 5.82 Å². The summed E-state index contributed by atoms with van der Waals surface area (Å²) in [6.07, 6.45) is 1.78. The number of nitrogens with zero attached hydrogens (tertiary/aromatic N) is 5. The fraction of sp³-hybridized carbons (Fsp3) is 0.360. The smallest absolute Gasteiger partial charge is 0.406 e. The van der Waals surface area contributed by atoms with Crippen molar-refractivity contribution in [1.29, 1.82) is 0 Å². The second kappa shape index (κ2) is 9.29. The lowest BCUT2D eigenvalue weighted by Gasteiger charge is -2.54. The molecule has 1 N–H and O–H groups in total. The van der Waals surface area contributed by atoms with E-state index < -0.39 is 6.36 Å². The quantitative estimate of drug-likeness (QED) is 0.549. The monoisotopic (exact) mass is 498 g/mol. The summed E-state index contributed by atoms with van der Waals surface area (Å²) < 4.78 is 41.9. The van der Waals surface area contributed by atoms with Crippen LogP contribution in [0.3, 0.4) is 0 Å². The van der Waals surface area contributed by atoms with Gasteiger partial charge in [-0.1, -0.05) is 6.07 Å². The first-order valence-corrected chi connectivity index (χ1v) is 11.6. The molecule has 2 fully saturated rings. The predicted molar refractivity (Wildman–Crippen MR) is 128 cm³/mol. The molecule has 0 bridgehead atoms. The van der Waals surface area contributed by atoms with Crippen LogP contribution >= 0.6 is 0 Å². The summed E-state index contributed by atoms with van der Waals surface area (Å²) in [6.45, 7) is 4.79. The van der Waals surface area contributed by atoms with Crippen molar-refractivity contribution >= 4 is 23.4 Å². The van der Waals surface area contributed by atoms with E-state index in [0.717, 1.165) is 62.0 Å². The third-order valence-electron chi connectivity index (χ3n) is 6.67. The Kier molecular flexibility index (Phi) is 6.15. The summed E-state index contributed by atoms with van der Waals surface area (Å²) in [7, 11) is 0. The van der Waals surface area contributed by atoms with E-state index in [4.69, 9.17) is 4.98 Å². The van der Waals surface area contributed by atoms with Crippen LogP contribution in [-0.4, -0.2) is 58.3 Å². The average molecular weight is 499 g/mol. The van der Waals surface area contributed by atoms with Gasteiger partial charge in [-0.25, -0.2) is 9.97 Å². The number of likely N-dealkylation sites (tertiary alicyclic amines) is 1. The number of pyridine rings is 3. The fourth-order valence-electron chi connectivity index (χ4n) is 4.79. The van der Waals surface area contributed by atoms with E-state index in [1.807, 2.05) is 23.1 Å². The average Bonchev–Trinajstić information content (AvgIpc) is 2.82. The zero-order valence-electron chi connectivity index (χ0n) is 19.6. The van der Waals surface area contributed by atoms with Gasteiger partial charge in [-0.2, -0.15) is 0 Å². The second-order valence-corrected chi connectivity index (χ2v) is 9.25. The lowest BCUT2D eigenvalue weighted by atomic mass is 9.72. The van der Waals surface area contributed by atoms with Crippen molar-refractivity contribution < 1.29 is 22.7 Å². The number of amides is 1. The molecule has 5 rings (SSSR count). The molecule has 11 heteroatoms. The van der Waals surface area contributed by atoms with Gasteiger partial charge in [-0.3, -0.25) is 9.78 Å². The molecule has 0 saturated carbocycles. The van der Waals surface area contributed by atoms with Crippen LogP contribution in [0, 0.1) is 5.41 Å².